The maximum Gasteiger partial charge on any atom is 0.270 e. The van der Waals surface area contributed by atoms with Gasteiger partial charge < -0.3 is 24.8 Å². The summed E-state index contributed by atoms with van der Waals surface area (Å²) < 4.78 is 5.41. The van der Waals surface area contributed by atoms with Crippen LogP contribution in [0.5, 0.6) is 0 Å². The van der Waals surface area contributed by atoms with E-state index in [1.165, 1.54) is 12.1 Å². The minimum absolute atomic E-state index is 0.132. The summed E-state index contributed by atoms with van der Waals surface area (Å²) in [4.78, 5) is 42.3. The molecule has 1 N–H and O–H groups in total. The van der Waals surface area contributed by atoms with Crippen molar-refractivity contribution in [2.24, 2.45) is 0 Å². The van der Waals surface area contributed by atoms with Crippen molar-refractivity contribution in [1.82, 2.24) is 4.90 Å². The average molecular weight is 468 g/mol. The second kappa shape index (κ2) is 10.5. The quantitative estimate of drug-likeness (QED) is 0.514. The number of nitro groups is 1. The van der Waals surface area contributed by atoms with Crippen LogP contribution in [0, 0.1) is 10.1 Å². The van der Waals surface area contributed by atoms with E-state index in [9.17, 15) is 19.7 Å². The Kier molecular flexibility index (Phi) is 7.27. The van der Waals surface area contributed by atoms with Crippen molar-refractivity contribution >= 4 is 34.6 Å². The molecule has 0 spiro atoms. The highest BCUT2D eigenvalue weighted by atomic mass is 16.6. The molecule has 2 aliphatic heterocycles. The number of ether oxygens (including phenoxy) is 1. The Morgan fingerprint density at radius 2 is 1.65 bits per heavy atom. The first-order valence-electron chi connectivity index (χ1n) is 11.5. The number of carbonyl (C=O) groups excluding carboxylic acids is 2. The van der Waals surface area contributed by atoms with E-state index in [0.717, 1.165) is 5.69 Å². The summed E-state index contributed by atoms with van der Waals surface area (Å²) in [6, 6.07) is 11.9. The fraction of sp³-hybridized carbons (Fsp3) is 0.417. The third-order valence-corrected chi connectivity index (χ3v) is 6.22. The van der Waals surface area contributed by atoms with Crippen LogP contribution in [0.2, 0.25) is 0 Å². The SMILES string of the molecule is CCC(=O)N1CCN(c2ccccc2NC(=O)c2cc([N+](=O)[O-])ccc2N2CCOCC2)CC1. The molecule has 2 saturated heterocycles. The van der Waals surface area contributed by atoms with E-state index in [0.29, 0.717) is 70.3 Å². The standard InChI is InChI=1S/C24H29N5O5/c1-2-23(30)28-11-9-26(10-12-28)22-6-4-3-5-20(22)25-24(31)19-17-18(29(32)33)7-8-21(19)27-13-15-34-16-14-27/h3-8,17H,2,9-16H2,1H3,(H,25,31). The Morgan fingerprint density at radius 1 is 0.971 bits per heavy atom. The van der Waals surface area contributed by atoms with Gasteiger partial charge in [-0.15, -0.1) is 0 Å². The summed E-state index contributed by atoms with van der Waals surface area (Å²) >= 11 is 0. The van der Waals surface area contributed by atoms with E-state index in [-0.39, 0.29) is 17.2 Å². The molecule has 0 aromatic heterocycles. The van der Waals surface area contributed by atoms with Gasteiger partial charge >= 0.3 is 0 Å². The number of anilines is 3. The van der Waals surface area contributed by atoms with Crippen LogP contribution in [-0.2, 0) is 9.53 Å². The van der Waals surface area contributed by atoms with Crippen LogP contribution >= 0.6 is 0 Å². The van der Waals surface area contributed by atoms with E-state index in [4.69, 9.17) is 4.74 Å². The lowest BCUT2D eigenvalue weighted by Gasteiger charge is -2.37. The van der Waals surface area contributed by atoms with Crippen molar-refractivity contribution in [2.75, 3.05) is 67.6 Å². The predicted molar refractivity (Wildman–Crippen MR) is 130 cm³/mol. The van der Waals surface area contributed by atoms with E-state index in [1.54, 1.807) is 6.07 Å². The molecule has 0 bridgehead atoms. The minimum atomic E-state index is -0.495. The predicted octanol–water partition coefficient (Wildman–Crippen LogP) is 2.74. The zero-order valence-corrected chi connectivity index (χ0v) is 19.2. The van der Waals surface area contributed by atoms with Gasteiger partial charge in [-0.3, -0.25) is 19.7 Å². The van der Waals surface area contributed by atoms with Gasteiger partial charge in [0.2, 0.25) is 5.91 Å². The molecule has 10 heteroatoms. The Balaban J connectivity index is 1.57. The zero-order valence-electron chi connectivity index (χ0n) is 19.2. The Hall–Kier alpha value is -3.66. The molecule has 4 rings (SSSR count). The van der Waals surface area contributed by atoms with Gasteiger partial charge in [-0.25, -0.2) is 0 Å². The largest absolute Gasteiger partial charge is 0.378 e. The Labute approximate surface area is 198 Å². The highest BCUT2D eigenvalue weighted by Gasteiger charge is 2.25. The third-order valence-electron chi connectivity index (χ3n) is 6.22. The first-order valence-corrected chi connectivity index (χ1v) is 11.5. The highest BCUT2D eigenvalue weighted by Crippen LogP contribution is 2.30. The van der Waals surface area contributed by atoms with Crippen LogP contribution in [0.15, 0.2) is 42.5 Å². The lowest BCUT2D eigenvalue weighted by Crippen LogP contribution is -2.48. The number of hydrogen-bond donors (Lipinski definition) is 1. The first kappa shape index (κ1) is 23.5. The number of nitrogens with one attached hydrogen (secondary N) is 1. The molecule has 0 unspecified atom stereocenters. The molecular weight excluding hydrogens is 438 g/mol. The number of amides is 2. The molecule has 34 heavy (non-hydrogen) atoms. The van der Waals surface area contributed by atoms with Crippen molar-refractivity contribution < 1.29 is 19.2 Å². The summed E-state index contributed by atoms with van der Waals surface area (Å²) in [5, 5.41) is 14.4. The molecule has 0 aliphatic carbocycles. The first-order chi connectivity index (χ1) is 16.5. The number of nitrogens with zero attached hydrogens (tertiary/aromatic N) is 4. The van der Waals surface area contributed by atoms with Crippen LogP contribution < -0.4 is 15.1 Å². The lowest BCUT2D eigenvalue weighted by atomic mass is 10.1. The number of piperazine rings is 1. The van der Waals surface area contributed by atoms with Crippen molar-refractivity contribution in [3.63, 3.8) is 0 Å². The molecule has 2 aromatic carbocycles. The Morgan fingerprint density at radius 3 is 2.32 bits per heavy atom. The summed E-state index contributed by atoms with van der Waals surface area (Å²) in [6.07, 6.45) is 0.487. The van der Waals surface area contributed by atoms with E-state index >= 15 is 0 Å². The third kappa shape index (κ3) is 5.12. The topological polar surface area (TPSA) is 108 Å². The summed E-state index contributed by atoms with van der Waals surface area (Å²) in [7, 11) is 0. The minimum Gasteiger partial charge on any atom is -0.378 e. The van der Waals surface area contributed by atoms with Crippen LogP contribution in [0.25, 0.3) is 0 Å². The number of nitro benzene ring substituents is 1. The molecular formula is C24H29N5O5. The maximum atomic E-state index is 13.4. The fourth-order valence-electron chi connectivity index (χ4n) is 4.36. The van der Waals surface area contributed by atoms with Crippen LogP contribution in [0.3, 0.4) is 0 Å². The molecule has 2 aliphatic rings. The number of carbonyl (C=O) groups is 2. The van der Waals surface area contributed by atoms with Gasteiger partial charge in [0.15, 0.2) is 0 Å². The van der Waals surface area contributed by atoms with E-state index in [2.05, 4.69) is 10.2 Å². The van der Waals surface area contributed by atoms with Crippen LogP contribution in [0.1, 0.15) is 23.7 Å². The average Bonchev–Trinajstić information content (AvgIpc) is 2.88. The number of rotatable bonds is 6. The smallest absolute Gasteiger partial charge is 0.270 e. The van der Waals surface area contributed by atoms with Crippen LogP contribution in [-0.4, -0.2) is 74.1 Å². The van der Waals surface area contributed by atoms with Gasteiger partial charge in [0.1, 0.15) is 0 Å². The molecule has 2 heterocycles. The number of benzene rings is 2. The van der Waals surface area contributed by atoms with Crippen molar-refractivity contribution in [3.8, 4) is 0 Å². The summed E-state index contributed by atoms with van der Waals surface area (Å²) in [6.45, 7) is 6.72. The van der Waals surface area contributed by atoms with E-state index < -0.39 is 10.8 Å². The van der Waals surface area contributed by atoms with Crippen molar-refractivity contribution in [3.05, 3.63) is 58.1 Å². The number of para-hydroxylation sites is 2. The molecule has 10 nitrogen and oxygen atoms in total. The molecule has 0 saturated carbocycles. The van der Waals surface area contributed by atoms with Crippen molar-refractivity contribution in [2.45, 2.75) is 13.3 Å². The zero-order chi connectivity index (χ0) is 24.1. The maximum absolute atomic E-state index is 13.4. The van der Waals surface area contributed by atoms with Gasteiger partial charge in [0, 0.05) is 57.8 Å². The number of hydrogen-bond acceptors (Lipinski definition) is 7. The molecule has 2 fully saturated rings. The molecule has 2 aromatic rings. The monoisotopic (exact) mass is 467 g/mol. The fourth-order valence-corrected chi connectivity index (χ4v) is 4.36. The summed E-state index contributed by atoms with van der Waals surface area (Å²) in [5.41, 5.74) is 2.26. The second-order valence-electron chi connectivity index (χ2n) is 8.25. The molecule has 0 atom stereocenters. The molecule has 0 radical (unpaired) electrons. The normalized spacial score (nSPS) is 16.3. The lowest BCUT2D eigenvalue weighted by molar-refractivity contribution is -0.384. The van der Waals surface area contributed by atoms with Gasteiger partial charge in [0.05, 0.1) is 40.8 Å². The number of non-ortho nitro benzene ring substituents is 1. The van der Waals surface area contributed by atoms with Gasteiger partial charge in [-0.2, -0.15) is 0 Å². The van der Waals surface area contributed by atoms with Gasteiger partial charge in [0.25, 0.3) is 11.6 Å². The van der Waals surface area contributed by atoms with Gasteiger partial charge in [-0.1, -0.05) is 19.1 Å². The number of morpholine rings is 1. The van der Waals surface area contributed by atoms with E-state index in [1.807, 2.05) is 41.0 Å². The van der Waals surface area contributed by atoms with Crippen LogP contribution in [0.4, 0.5) is 22.7 Å². The molecule has 180 valence electrons. The summed E-state index contributed by atoms with van der Waals surface area (Å²) in [5.74, 6) is -0.264. The van der Waals surface area contributed by atoms with Gasteiger partial charge in [-0.05, 0) is 18.2 Å². The Bertz CT molecular complexity index is 1060. The second-order valence-corrected chi connectivity index (χ2v) is 8.25. The molecule has 2 amide bonds. The highest BCUT2D eigenvalue weighted by molar-refractivity contribution is 6.10. The van der Waals surface area contributed by atoms with Crippen molar-refractivity contribution in [1.29, 1.82) is 0 Å².